The third kappa shape index (κ3) is 31.1. The Morgan fingerprint density at radius 3 is 1.40 bits per heavy atom. The van der Waals surface area contributed by atoms with Crippen LogP contribution < -0.4 is 0 Å². The van der Waals surface area contributed by atoms with Crippen molar-refractivity contribution in [2.45, 2.75) is 0 Å². The van der Waals surface area contributed by atoms with Crippen LogP contribution in [0.4, 0.5) is 0 Å². The SMILES string of the molecule is CO.[Br][Mn][Br]. The van der Waals surface area contributed by atoms with Gasteiger partial charge in [-0.1, -0.05) is 0 Å². The van der Waals surface area contributed by atoms with Crippen molar-refractivity contribution < 1.29 is 16.4 Å². The topological polar surface area (TPSA) is 20.2 Å². The second kappa shape index (κ2) is 18.0. The summed E-state index contributed by atoms with van der Waals surface area (Å²) in [7, 11) is 1.00. The van der Waals surface area contributed by atoms with Crippen LogP contribution in [0.3, 0.4) is 0 Å². The zero-order chi connectivity index (χ0) is 4.71. The maximum absolute atomic E-state index is 7.00. The van der Waals surface area contributed by atoms with Crippen molar-refractivity contribution >= 4 is 28.2 Å². The number of aliphatic hydroxyl groups is 1. The van der Waals surface area contributed by atoms with Gasteiger partial charge in [-0.2, -0.15) is 0 Å². The number of rotatable bonds is 0. The molecule has 0 unspecified atom stereocenters. The van der Waals surface area contributed by atoms with E-state index in [0.29, 0.717) is 11.3 Å². The van der Waals surface area contributed by atoms with Gasteiger partial charge < -0.3 is 5.11 Å². The van der Waals surface area contributed by atoms with Gasteiger partial charge in [0, 0.05) is 7.11 Å². The van der Waals surface area contributed by atoms with Gasteiger partial charge >= 0.3 is 39.6 Å². The molecule has 1 nitrogen and oxygen atoms in total. The first-order chi connectivity index (χ1) is 2.41. The van der Waals surface area contributed by atoms with Crippen LogP contribution in [-0.4, -0.2) is 12.2 Å². The van der Waals surface area contributed by atoms with Crippen molar-refractivity contribution in [1.82, 2.24) is 0 Å². The minimum atomic E-state index is 0.688. The molecular formula is CH4Br2MnO. The molecule has 0 amide bonds. The molecule has 0 aliphatic heterocycles. The van der Waals surface area contributed by atoms with Crippen molar-refractivity contribution in [2.24, 2.45) is 0 Å². The zero-order valence-electron chi connectivity index (χ0n) is 2.58. The van der Waals surface area contributed by atoms with Gasteiger partial charge in [0.2, 0.25) is 0 Å². The fourth-order valence-electron chi connectivity index (χ4n) is 0. The van der Waals surface area contributed by atoms with E-state index in [1.54, 1.807) is 0 Å². The van der Waals surface area contributed by atoms with E-state index >= 15 is 0 Å². The Morgan fingerprint density at radius 1 is 1.40 bits per heavy atom. The van der Waals surface area contributed by atoms with Crippen LogP contribution in [0.15, 0.2) is 0 Å². The Kier molecular flexibility index (Phi) is 34.8. The van der Waals surface area contributed by atoms with E-state index in [4.69, 9.17) is 5.11 Å². The molecule has 0 aromatic rings. The van der Waals surface area contributed by atoms with E-state index in [2.05, 4.69) is 28.2 Å². The Morgan fingerprint density at radius 2 is 1.40 bits per heavy atom. The fourth-order valence-corrected chi connectivity index (χ4v) is 0. The van der Waals surface area contributed by atoms with Crippen LogP contribution in [0.25, 0.3) is 0 Å². The molecule has 0 fully saturated rings. The van der Waals surface area contributed by atoms with Gasteiger partial charge in [0.1, 0.15) is 0 Å². The first-order valence-corrected chi connectivity index (χ1v) is 6.57. The van der Waals surface area contributed by atoms with Gasteiger partial charge in [-0.25, -0.2) is 0 Å². The summed E-state index contributed by atoms with van der Waals surface area (Å²) in [5.74, 6) is 0. The van der Waals surface area contributed by atoms with Gasteiger partial charge in [0.25, 0.3) is 0 Å². The molecule has 0 atom stereocenters. The summed E-state index contributed by atoms with van der Waals surface area (Å²) in [4.78, 5) is 0. The second-order valence-corrected chi connectivity index (χ2v) is 6.01. The summed E-state index contributed by atoms with van der Waals surface area (Å²) in [6.07, 6.45) is 0. The van der Waals surface area contributed by atoms with Crippen molar-refractivity contribution in [1.29, 1.82) is 0 Å². The number of halogens is 2. The van der Waals surface area contributed by atoms with Gasteiger partial charge in [-0.15, -0.1) is 0 Å². The number of aliphatic hydroxyl groups excluding tert-OH is 1. The summed E-state index contributed by atoms with van der Waals surface area (Å²) in [5.41, 5.74) is 0. The van der Waals surface area contributed by atoms with Gasteiger partial charge in [-0.05, 0) is 0 Å². The van der Waals surface area contributed by atoms with Crippen LogP contribution in [0.1, 0.15) is 0 Å². The summed E-state index contributed by atoms with van der Waals surface area (Å²) < 4.78 is 0. The van der Waals surface area contributed by atoms with E-state index in [0.717, 1.165) is 7.11 Å². The summed E-state index contributed by atoms with van der Waals surface area (Å²) in [6.45, 7) is 0. The molecule has 0 aromatic heterocycles. The maximum atomic E-state index is 7.00. The summed E-state index contributed by atoms with van der Waals surface area (Å²) >= 11 is 6.88. The monoisotopic (exact) mass is 245 g/mol. The van der Waals surface area contributed by atoms with E-state index in [-0.39, 0.29) is 0 Å². The quantitative estimate of drug-likeness (QED) is 0.639. The molecule has 0 aliphatic carbocycles. The van der Waals surface area contributed by atoms with Crippen LogP contribution in [-0.2, 0) is 11.3 Å². The minimum absolute atomic E-state index is 0.688. The third-order valence-corrected chi connectivity index (χ3v) is 0. The van der Waals surface area contributed by atoms with Crippen LogP contribution in [0, 0.1) is 0 Å². The average Bonchev–Trinajstić information content (AvgIpc) is 1.46. The van der Waals surface area contributed by atoms with Crippen LogP contribution in [0.5, 0.6) is 0 Å². The standard InChI is InChI=1S/CH4O.2BrH.Mn/c1-2;;;/h2H,1H3;2*1H;/q;;;+2/p-2. The molecule has 5 heavy (non-hydrogen) atoms. The molecule has 0 aliphatic rings. The Labute approximate surface area is 51.7 Å². The Balaban J connectivity index is 0. The average molecular weight is 247 g/mol. The summed E-state index contributed by atoms with van der Waals surface area (Å²) in [6, 6.07) is 0. The van der Waals surface area contributed by atoms with Gasteiger partial charge in [0.15, 0.2) is 0 Å². The van der Waals surface area contributed by atoms with Crippen molar-refractivity contribution in [3.05, 3.63) is 0 Å². The molecular weight excluding hydrogens is 243 g/mol. The molecule has 1 N–H and O–H groups in total. The van der Waals surface area contributed by atoms with E-state index in [1.807, 2.05) is 0 Å². The van der Waals surface area contributed by atoms with Crippen LogP contribution >= 0.6 is 28.2 Å². The molecule has 0 saturated carbocycles. The van der Waals surface area contributed by atoms with E-state index in [1.165, 1.54) is 0 Å². The number of hydrogen-bond acceptors (Lipinski definition) is 1. The molecule has 0 bridgehead atoms. The zero-order valence-corrected chi connectivity index (χ0v) is 6.93. The first-order valence-electron chi connectivity index (χ1n) is 0.733. The summed E-state index contributed by atoms with van der Waals surface area (Å²) in [5, 5.41) is 7.00. The number of hydrogen-bond donors (Lipinski definition) is 1. The molecule has 0 heterocycles. The molecule has 0 saturated heterocycles. The van der Waals surface area contributed by atoms with Crippen molar-refractivity contribution in [3.8, 4) is 0 Å². The third-order valence-electron chi connectivity index (χ3n) is 0. The predicted molar refractivity (Wildman–Crippen MR) is 26.0 cm³/mol. The molecule has 4 heteroatoms. The normalized spacial score (nSPS) is 4.80. The molecule has 0 aromatic carbocycles. The Bertz CT molecular complexity index is 9.61. The Hall–Kier alpha value is 1.44. The van der Waals surface area contributed by atoms with Crippen LogP contribution in [0.2, 0.25) is 0 Å². The predicted octanol–water partition coefficient (Wildman–Crippen LogP) is 1.30. The molecule has 0 spiro atoms. The molecule has 35 valence electrons. The molecule has 0 radical (unpaired) electrons. The molecule has 0 rings (SSSR count). The van der Waals surface area contributed by atoms with E-state index < -0.39 is 0 Å². The van der Waals surface area contributed by atoms with Crippen molar-refractivity contribution in [3.63, 3.8) is 0 Å². The second-order valence-electron chi connectivity index (χ2n) is 0.0540. The van der Waals surface area contributed by atoms with Gasteiger partial charge in [0.05, 0.1) is 0 Å². The first kappa shape index (κ1) is 9.67. The van der Waals surface area contributed by atoms with Gasteiger partial charge in [-0.3, -0.25) is 0 Å². The fraction of sp³-hybridized carbons (Fsp3) is 1.00. The van der Waals surface area contributed by atoms with Crippen molar-refractivity contribution in [2.75, 3.05) is 7.11 Å². The van der Waals surface area contributed by atoms with E-state index in [9.17, 15) is 0 Å².